The molecule has 1 saturated heterocycles. The van der Waals surface area contributed by atoms with E-state index < -0.39 is 17.6 Å². The zero-order valence-electron chi connectivity index (χ0n) is 15.9. The Hall–Kier alpha value is -3.10. The van der Waals surface area contributed by atoms with Gasteiger partial charge in [0.05, 0.1) is 23.4 Å². The van der Waals surface area contributed by atoms with Gasteiger partial charge in [-0.25, -0.2) is 4.98 Å². The van der Waals surface area contributed by atoms with E-state index in [4.69, 9.17) is 0 Å². The van der Waals surface area contributed by atoms with Gasteiger partial charge in [0.15, 0.2) is 0 Å². The molecule has 0 unspecified atom stereocenters. The Labute approximate surface area is 166 Å². The fraction of sp³-hybridized carbons (Fsp3) is 0.350. The Balaban J connectivity index is 1.76. The first-order valence-electron chi connectivity index (χ1n) is 9.26. The van der Waals surface area contributed by atoms with Crippen LogP contribution in [0.2, 0.25) is 0 Å². The highest BCUT2D eigenvalue weighted by Gasteiger charge is 2.36. The molecule has 0 aliphatic carbocycles. The topological polar surface area (TPSA) is 65.5 Å². The summed E-state index contributed by atoms with van der Waals surface area (Å²) in [6.45, 7) is 3.41. The summed E-state index contributed by atoms with van der Waals surface area (Å²) in [7, 11) is 0. The van der Waals surface area contributed by atoms with Gasteiger partial charge >= 0.3 is 6.18 Å². The van der Waals surface area contributed by atoms with Crippen molar-refractivity contribution in [2.45, 2.75) is 19.5 Å². The fourth-order valence-corrected chi connectivity index (χ4v) is 3.21. The second-order valence-electron chi connectivity index (χ2n) is 6.63. The highest BCUT2D eigenvalue weighted by atomic mass is 19.4. The first-order chi connectivity index (χ1) is 13.8. The Kier molecular flexibility index (Phi) is 6.05. The zero-order chi connectivity index (χ0) is 21.0. The van der Waals surface area contributed by atoms with E-state index >= 15 is 0 Å². The van der Waals surface area contributed by atoms with Crippen LogP contribution >= 0.6 is 0 Å². The average molecular weight is 406 g/mol. The largest absolute Gasteiger partial charge is 0.417 e. The molecule has 0 atom stereocenters. The molecule has 29 heavy (non-hydrogen) atoms. The molecule has 2 amide bonds. The first kappa shape index (κ1) is 20.6. The minimum absolute atomic E-state index is 0.124. The first-order valence-corrected chi connectivity index (χ1v) is 9.26. The third-order valence-electron chi connectivity index (χ3n) is 4.62. The zero-order valence-corrected chi connectivity index (χ0v) is 15.9. The summed E-state index contributed by atoms with van der Waals surface area (Å²) in [6, 6.07) is 8.10. The summed E-state index contributed by atoms with van der Waals surface area (Å²) in [4.78, 5) is 32.1. The van der Waals surface area contributed by atoms with Crippen LogP contribution in [0.5, 0.6) is 0 Å². The van der Waals surface area contributed by atoms with Crippen molar-refractivity contribution >= 4 is 17.6 Å². The van der Waals surface area contributed by atoms with Crippen LogP contribution in [0.3, 0.4) is 0 Å². The number of nitrogens with one attached hydrogen (secondary N) is 1. The average Bonchev–Trinajstić information content (AvgIpc) is 2.73. The summed E-state index contributed by atoms with van der Waals surface area (Å²) in [5, 5.41) is 2.68. The Morgan fingerprint density at radius 3 is 2.55 bits per heavy atom. The molecule has 1 aromatic carbocycles. The number of hydrogen-bond donors (Lipinski definition) is 1. The molecule has 0 bridgehead atoms. The maximum Gasteiger partial charge on any atom is 0.417 e. The third-order valence-corrected chi connectivity index (χ3v) is 4.62. The van der Waals surface area contributed by atoms with Gasteiger partial charge in [0.1, 0.15) is 5.82 Å². The number of nitrogens with zero attached hydrogens (tertiary/aromatic N) is 3. The number of rotatable bonds is 4. The Morgan fingerprint density at radius 1 is 1.14 bits per heavy atom. The van der Waals surface area contributed by atoms with E-state index in [-0.39, 0.29) is 18.1 Å². The monoisotopic (exact) mass is 406 g/mol. The molecule has 2 aromatic rings. The molecule has 0 spiro atoms. The van der Waals surface area contributed by atoms with Crippen molar-refractivity contribution in [3.8, 4) is 0 Å². The number of carbonyl (C=O) groups excluding carboxylic acids is 2. The molecule has 154 valence electrons. The normalized spacial score (nSPS) is 14.6. The summed E-state index contributed by atoms with van der Waals surface area (Å²) < 4.78 is 39.8. The van der Waals surface area contributed by atoms with Gasteiger partial charge in [-0.3, -0.25) is 9.59 Å². The number of amides is 2. The number of carbonyl (C=O) groups is 2. The molecule has 2 heterocycles. The van der Waals surface area contributed by atoms with Crippen LogP contribution in [0.15, 0.2) is 42.6 Å². The molecule has 0 saturated carbocycles. The van der Waals surface area contributed by atoms with E-state index in [1.807, 2.05) is 6.92 Å². The van der Waals surface area contributed by atoms with Gasteiger partial charge in [-0.1, -0.05) is 12.1 Å². The van der Waals surface area contributed by atoms with Crippen molar-refractivity contribution in [3.05, 3.63) is 59.3 Å². The lowest BCUT2D eigenvalue weighted by molar-refractivity contribution is -0.138. The Bertz CT molecular complexity index is 884. The number of halogens is 3. The van der Waals surface area contributed by atoms with E-state index in [1.165, 1.54) is 29.3 Å². The molecule has 1 N–H and O–H groups in total. The van der Waals surface area contributed by atoms with E-state index in [0.717, 1.165) is 6.07 Å². The van der Waals surface area contributed by atoms with Gasteiger partial charge in [-0.15, -0.1) is 0 Å². The molecular weight excluding hydrogens is 385 g/mol. The fourth-order valence-electron chi connectivity index (χ4n) is 3.21. The van der Waals surface area contributed by atoms with Gasteiger partial charge in [0, 0.05) is 25.8 Å². The number of aromatic nitrogens is 1. The number of anilines is 1. The highest BCUT2D eigenvalue weighted by molar-refractivity contribution is 5.96. The third kappa shape index (κ3) is 4.67. The number of hydrogen-bond acceptors (Lipinski definition) is 4. The molecule has 3 rings (SSSR count). The van der Waals surface area contributed by atoms with Crippen LogP contribution in [0.1, 0.15) is 39.6 Å². The summed E-state index contributed by atoms with van der Waals surface area (Å²) >= 11 is 0. The molecule has 1 aromatic heterocycles. The lowest BCUT2D eigenvalue weighted by atomic mass is 10.1. The van der Waals surface area contributed by atoms with Crippen LogP contribution in [0.4, 0.5) is 19.0 Å². The van der Waals surface area contributed by atoms with Gasteiger partial charge < -0.3 is 15.1 Å². The van der Waals surface area contributed by atoms with Crippen LogP contribution < -0.4 is 10.2 Å². The summed E-state index contributed by atoms with van der Waals surface area (Å²) in [5.74, 6) is -0.341. The molecular formula is C20H21F3N4O2. The molecule has 1 fully saturated rings. The Morgan fingerprint density at radius 2 is 1.90 bits per heavy atom. The second-order valence-corrected chi connectivity index (χ2v) is 6.63. The van der Waals surface area contributed by atoms with E-state index in [0.29, 0.717) is 37.4 Å². The van der Waals surface area contributed by atoms with Crippen molar-refractivity contribution in [1.29, 1.82) is 0 Å². The van der Waals surface area contributed by atoms with Crippen LogP contribution in [0.25, 0.3) is 0 Å². The maximum absolute atomic E-state index is 13.3. The van der Waals surface area contributed by atoms with Crippen molar-refractivity contribution < 1.29 is 22.8 Å². The van der Waals surface area contributed by atoms with Gasteiger partial charge in [0.25, 0.3) is 11.8 Å². The summed E-state index contributed by atoms with van der Waals surface area (Å²) in [5.41, 5.74) is -0.882. The van der Waals surface area contributed by atoms with Gasteiger partial charge in [-0.2, -0.15) is 13.2 Å². The smallest absolute Gasteiger partial charge is 0.352 e. The second kappa shape index (κ2) is 8.50. The maximum atomic E-state index is 13.3. The van der Waals surface area contributed by atoms with Crippen molar-refractivity contribution in [1.82, 2.24) is 15.2 Å². The predicted molar refractivity (Wildman–Crippen MR) is 102 cm³/mol. The standard InChI is InChI=1S/C20H21F3N4O2/c1-2-24-18(28)14-8-9-17(25-12-14)26-10-5-11-27(13-26)19(29)15-6-3-4-7-16(15)20(21,22)23/h3-4,6-9,12H,2,5,10-11,13H2,1H3,(H,24,28). The van der Waals surface area contributed by atoms with Crippen molar-refractivity contribution in [2.24, 2.45) is 0 Å². The SMILES string of the molecule is CCNC(=O)c1ccc(N2CCCN(C(=O)c3ccccc3C(F)(F)F)C2)nc1. The number of benzene rings is 1. The highest BCUT2D eigenvalue weighted by Crippen LogP contribution is 2.32. The molecule has 1 aliphatic heterocycles. The minimum atomic E-state index is -4.60. The predicted octanol–water partition coefficient (Wildman–Crippen LogP) is 3.16. The molecule has 6 nitrogen and oxygen atoms in total. The summed E-state index contributed by atoms with van der Waals surface area (Å²) in [6.07, 6.45) is -2.56. The quantitative estimate of drug-likeness (QED) is 0.847. The van der Waals surface area contributed by atoms with Gasteiger partial charge in [0.2, 0.25) is 0 Å². The lowest BCUT2D eigenvalue weighted by Crippen LogP contribution is -2.48. The number of pyridine rings is 1. The van der Waals surface area contributed by atoms with Crippen LogP contribution in [0, 0.1) is 0 Å². The van der Waals surface area contributed by atoms with Crippen LogP contribution in [-0.4, -0.2) is 48.0 Å². The van der Waals surface area contributed by atoms with E-state index in [1.54, 1.807) is 17.0 Å². The van der Waals surface area contributed by atoms with E-state index in [2.05, 4.69) is 10.3 Å². The lowest BCUT2D eigenvalue weighted by Gasteiger charge is -2.36. The van der Waals surface area contributed by atoms with Crippen molar-refractivity contribution in [3.63, 3.8) is 0 Å². The van der Waals surface area contributed by atoms with Crippen molar-refractivity contribution in [2.75, 3.05) is 31.2 Å². The van der Waals surface area contributed by atoms with E-state index in [9.17, 15) is 22.8 Å². The number of alkyl halides is 3. The molecule has 1 aliphatic rings. The minimum Gasteiger partial charge on any atom is -0.352 e. The van der Waals surface area contributed by atoms with Crippen LogP contribution in [-0.2, 0) is 6.18 Å². The molecule has 9 heteroatoms. The van der Waals surface area contributed by atoms with Gasteiger partial charge in [-0.05, 0) is 37.6 Å². The molecule has 0 radical (unpaired) electrons.